The van der Waals surface area contributed by atoms with Gasteiger partial charge in [0.15, 0.2) is 6.61 Å². The molecule has 1 aromatic carbocycles. The van der Waals surface area contributed by atoms with Gasteiger partial charge in [-0.25, -0.2) is 0 Å². The van der Waals surface area contributed by atoms with E-state index >= 15 is 0 Å². The van der Waals surface area contributed by atoms with Crippen LogP contribution in [0.4, 0.5) is 0 Å². The Morgan fingerprint density at radius 2 is 1.64 bits per heavy atom. The molecule has 0 aliphatic carbocycles. The van der Waals surface area contributed by atoms with E-state index in [2.05, 4.69) is 0 Å². The number of hydrogen-bond donors (Lipinski definition) is 0. The number of piperazine rings is 1. The van der Waals surface area contributed by atoms with Crippen LogP contribution in [0, 0.1) is 0 Å². The number of carbonyl (C=O) groups is 2. The Labute approximate surface area is 155 Å². The van der Waals surface area contributed by atoms with Gasteiger partial charge in [-0.1, -0.05) is 17.7 Å². The lowest BCUT2D eigenvalue weighted by atomic mass is 10.2. The molecule has 1 fully saturated rings. The van der Waals surface area contributed by atoms with Crippen molar-refractivity contribution in [2.45, 2.75) is 6.42 Å². The third kappa shape index (κ3) is 4.96. The summed E-state index contributed by atoms with van der Waals surface area (Å²) in [4.78, 5) is 29.2. The first-order chi connectivity index (χ1) is 12.1. The zero-order chi connectivity index (χ0) is 17.6. The fourth-order valence-electron chi connectivity index (χ4n) is 2.65. The van der Waals surface area contributed by atoms with Gasteiger partial charge in [-0.3, -0.25) is 9.59 Å². The van der Waals surface area contributed by atoms with E-state index in [0.717, 1.165) is 4.88 Å². The van der Waals surface area contributed by atoms with Crippen LogP contribution in [-0.4, -0.2) is 54.4 Å². The molecule has 0 unspecified atom stereocenters. The Bertz CT molecular complexity index is 710. The van der Waals surface area contributed by atoms with E-state index in [-0.39, 0.29) is 18.4 Å². The molecule has 132 valence electrons. The van der Waals surface area contributed by atoms with Crippen molar-refractivity contribution in [2.75, 3.05) is 32.8 Å². The molecule has 1 aromatic heterocycles. The number of thiophene rings is 1. The van der Waals surface area contributed by atoms with Crippen LogP contribution >= 0.6 is 22.9 Å². The summed E-state index contributed by atoms with van der Waals surface area (Å²) in [5.74, 6) is 0.662. The molecule has 3 rings (SSSR count). The highest BCUT2D eigenvalue weighted by atomic mass is 35.5. The first-order valence-electron chi connectivity index (χ1n) is 8.08. The van der Waals surface area contributed by atoms with Crippen LogP contribution in [0.5, 0.6) is 5.75 Å². The van der Waals surface area contributed by atoms with E-state index in [9.17, 15) is 9.59 Å². The van der Waals surface area contributed by atoms with Gasteiger partial charge in [0.25, 0.3) is 5.91 Å². The largest absolute Gasteiger partial charge is 0.484 e. The maximum absolute atomic E-state index is 12.3. The standard InChI is InChI=1S/C18H19ClN2O3S/c19-14-3-5-15(6-4-14)24-13-18(23)21-9-7-20(8-10-21)17(22)12-16-2-1-11-25-16/h1-6,11H,7-10,12-13H2. The van der Waals surface area contributed by atoms with Gasteiger partial charge in [-0.05, 0) is 35.7 Å². The van der Waals surface area contributed by atoms with Crippen molar-refractivity contribution in [1.82, 2.24) is 9.80 Å². The topological polar surface area (TPSA) is 49.9 Å². The van der Waals surface area contributed by atoms with Gasteiger partial charge in [0.2, 0.25) is 5.91 Å². The number of carbonyl (C=O) groups excluding carboxylic acids is 2. The maximum Gasteiger partial charge on any atom is 0.260 e. The van der Waals surface area contributed by atoms with Crippen LogP contribution in [0.25, 0.3) is 0 Å². The summed E-state index contributed by atoms with van der Waals surface area (Å²) in [7, 11) is 0. The number of halogens is 1. The van der Waals surface area contributed by atoms with Crippen molar-refractivity contribution in [3.63, 3.8) is 0 Å². The first-order valence-corrected chi connectivity index (χ1v) is 9.34. The summed E-state index contributed by atoms with van der Waals surface area (Å²) in [6.45, 7) is 2.20. The monoisotopic (exact) mass is 378 g/mol. The van der Waals surface area contributed by atoms with Crippen LogP contribution in [0.2, 0.25) is 5.02 Å². The third-order valence-corrected chi connectivity index (χ3v) is 5.19. The van der Waals surface area contributed by atoms with Crippen molar-refractivity contribution >= 4 is 34.8 Å². The Kier molecular flexibility index (Phi) is 5.94. The predicted molar refractivity (Wildman–Crippen MR) is 98.1 cm³/mol. The minimum absolute atomic E-state index is 0.00915. The van der Waals surface area contributed by atoms with Gasteiger partial charge in [0.1, 0.15) is 5.75 Å². The zero-order valence-electron chi connectivity index (χ0n) is 13.7. The smallest absolute Gasteiger partial charge is 0.260 e. The molecule has 0 bridgehead atoms. The first kappa shape index (κ1) is 17.8. The second kappa shape index (κ2) is 8.36. The number of ether oxygens (including phenoxy) is 1. The molecule has 1 aliphatic heterocycles. The average molecular weight is 379 g/mol. The maximum atomic E-state index is 12.3. The van der Waals surface area contributed by atoms with E-state index in [0.29, 0.717) is 43.4 Å². The lowest BCUT2D eigenvalue weighted by molar-refractivity contribution is -0.140. The molecule has 0 radical (unpaired) electrons. The Hall–Kier alpha value is -2.05. The van der Waals surface area contributed by atoms with Crippen LogP contribution in [0.15, 0.2) is 41.8 Å². The van der Waals surface area contributed by atoms with Crippen molar-refractivity contribution in [3.05, 3.63) is 51.7 Å². The quantitative estimate of drug-likeness (QED) is 0.803. The second-order valence-corrected chi connectivity index (χ2v) is 7.23. The second-order valence-electron chi connectivity index (χ2n) is 5.76. The molecule has 1 saturated heterocycles. The van der Waals surface area contributed by atoms with Crippen LogP contribution < -0.4 is 4.74 Å². The Balaban J connectivity index is 1.42. The Morgan fingerprint density at radius 1 is 1.00 bits per heavy atom. The fourth-order valence-corrected chi connectivity index (χ4v) is 3.47. The summed E-state index contributed by atoms with van der Waals surface area (Å²) in [5.41, 5.74) is 0. The van der Waals surface area contributed by atoms with E-state index < -0.39 is 0 Å². The van der Waals surface area contributed by atoms with E-state index in [4.69, 9.17) is 16.3 Å². The lowest BCUT2D eigenvalue weighted by Crippen LogP contribution is -2.51. The summed E-state index contributed by atoms with van der Waals surface area (Å²) in [5, 5.41) is 2.60. The number of amides is 2. The summed E-state index contributed by atoms with van der Waals surface area (Å²) >= 11 is 7.41. The molecular formula is C18H19ClN2O3S. The molecule has 0 saturated carbocycles. The van der Waals surface area contributed by atoms with Gasteiger partial charge < -0.3 is 14.5 Å². The van der Waals surface area contributed by atoms with Crippen LogP contribution in [0.3, 0.4) is 0 Å². The van der Waals surface area contributed by atoms with Gasteiger partial charge in [0.05, 0.1) is 6.42 Å². The summed E-state index contributed by atoms with van der Waals surface area (Å²) in [6, 6.07) is 10.8. The molecule has 2 amide bonds. The van der Waals surface area contributed by atoms with Gasteiger partial charge in [-0.2, -0.15) is 0 Å². The highest BCUT2D eigenvalue weighted by Gasteiger charge is 2.24. The minimum atomic E-state index is -0.0692. The molecule has 2 aromatic rings. The van der Waals surface area contributed by atoms with Crippen molar-refractivity contribution in [3.8, 4) is 5.75 Å². The highest BCUT2D eigenvalue weighted by Crippen LogP contribution is 2.16. The Morgan fingerprint density at radius 3 is 2.24 bits per heavy atom. The normalized spacial score (nSPS) is 14.4. The average Bonchev–Trinajstić information content (AvgIpc) is 3.14. The molecule has 25 heavy (non-hydrogen) atoms. The van der Waals surface area contributed by atoms with E-state index in [1.807, 2.05) is 22.4 Å². The highest BCUT2D eigenvalue weighted by molar-refractivity contribution is 7.10. The molecule has 1 aliphatic rings. The summed E-state index contributed by atoms with van der Waals surface area (Å²) in [6.07, 6.45) is 0.436. The van der Waals surface area contributed by atoms with Crippen molar-refractivity contribution < 1.29 is 14.3 Å². The third-order valence-electron chi connectivity index (χ3n) is 4.07. The molecule has 7 heteroatoms. The van der Waals surface area contributed by atoms with Crippen LogP contribution in [-0.2, 0) is 16.0 Å². The van der Waals surface area contributed by atoms with Gasteiger partial charge >= 0.3 is 0 Å². The van der Waals surface area contributed by atoms with E-state index in [1.165, 1.54) is 0 Å². The number of nitrogens with zero attached hydrogens (tertiary/aromatic N) is 2. The number of benzene rings is 1. The molecular weight excluding hydrogens is 360 g/mol. The zero-order valence-corrected chi connectivity index (χ0v) is 15.3. The SMILES string of the molecule is O=C(COc1ccc(Cl)cc1)N1CCN(C(=O)Cc2cccs2)CC1. The molecule has 0 spiro atoms. The molecule has 0 N–H and O–H groups in total. The molecule has 5 nitrogen and oxygen atoms in total. The van der Waals surface area contributed by atoms with Crippen LogP contribution in [0.1, 0.15) is 4.88 Å². The molecule has 2 heterocycles. The number of hydrogen-bond acceptors (Lipinski definition) is 4. The minimum Gasteiger partial charge on any atom is -0.484 e. The fraction of sp³-hybridized carbons (Fsp3) is 0.333. The van der Waals surface area contributed by atoms with E-state index in [1.54, 1.807) is 40.5 Å². The molecule has 0 atom stereocenters. The van der Waals surface area contributed by atoms with Gasteiger partial charge in [-0.15, -0.1) is 11.3 Å². The van der Waals surface area contributed by atoms with Gasteiger partial charge in [0, 0.05) is 36.1 Å². The van der Waals surface area contributed by atoms with Crippen molar-refractivity contribution in [2.24, 2.45) is 0 Å². The number of rotatable bonds is 5. The van der Waals surface area contributed by atoms with Crippen molar-refractivity contribution in [1.29, 1.82) is 0 Å². The lowest BCUT2D eigenvalue weighted by Gasteiger charge is -2.34. The predicted octanol–water partition coefficient (Wildman–Crippen LogP) is 2.69. The summed E-state index contributed by atoms with van der Waals surface area (Å²) < 4.78 is 5.49.